The second-order valence-electron chi connectivity index (χ2n) is 8.18. The van der Waals surface area contributed by atoms with E-state index >= 15 is 0 Å². The molecule has 0 bridgehead atoms. The Morgan fingerprint density at radius 3 is 2.51 bits per heavy atom. The Hall–Kier alpha value is -1.30. The van der Waals surface area contributed by atoms with E-state index in [1.807, 2.05) is 0 Å². The number of nitrogens with zero attached hydrogens (tertiary/aromatic N) is 1. The highest BCUT2D eigenvalue weighted by Crippen LogP contribution is 2.61. The molecular weight excluding hydrogens is 520 g/mol. The number of hydrogen-bond donors (Lipinski definition) is 7. The van der Waals surface area contributed by atoms with Gasteiger partial charge in [0.15, 0.2) is 12.0 Å². The van der Waals surface area contributed by atoms with Gasteiger partial charge in [-0.2, -0.15) is 4.31 Å². The number of phosphoric acid groups is 2. The van der Waals surface area contributed by atoms with Gasteiger partial charge < -0.3 is 34.6 Å². The first kappa shape index (κ1) is 28.3. The number of nitrogens with one attached hydrogen (secondary N) is 1. The van der Waals surface area contributed by atoms with E-state index in [1.54, 1.807) is 0 Å². The Morgan fingerprint density at radius 1 is 1.23 bits per heavy atom. The standard InChI is InChI=1S/C16H27N3O14P2/c1-7-5-19(15(23)18-14(7)22)12-3-9(20)10(31-12)6-29-34(25,26)33-35(27,28)32-13-4-11(21)16(17,24)8(2)30-13/h5,8-13,20-21,24H,3-4,6,17H2,1-2H3,(H,25,26)(H,27,28)(H,18,22,23)/t8-,9+,10-,11-,12-,13-,16-/m1/s1. The Balaban J connectivity index is 1.57. The van der Waals surface area contributed by atoms with Gasteiger partial charge in [-0.1, -0.05) is 0 Å². The molecule has 2 aliphatic heterocycles. The van der Waals surface area contributed by atoms with Crippen LogP contribution in [0.5, 0.6) is 0 Å². The van der Waals surface area contributed by atoms with E-state index < -0.39 is 82.6 Å². The number of H-pyrrole nitrogens is 1. The smallest absolute Gasteiger partial charge is 0.390 e. The quantitative estimate of drug-likeness (QED) is 0.136. The van der Waals surface area contributed by atoms with Crippen molar-refractivity contribution in [1.29, 1.82) is 0 Å². The number of aromatic nitrogens is 2. The Morgan fingerprint density at radius 2 is 1.89 bits per heavy atom. The summed E-state index contributed by atoms with van der Waals surface area (Å²) in [6, 6.07) is 0. The van der Waals surface area contributed by atoms with E-state index in [2.05, 4.69) is 18.3 Å². The molecule has 8 N–H and O–H groups in total. The summed E-state index contributed by atoms with van der Waals surface area (Å²) in [5.41, 5.74) is 2.11. The van der Waals surface area contributed by atoms with Gasteiger partial charge in [0.2, 0.25) is 0 Å². The third kappa shape index (κ3) is 6.72. The van der Waals surface area contributed by atoms with Gasteiger partial charge in [-0.05, 0) is 13.8 Å². The topological polar surface area (TPSA) is 262 Å². The van der Waals surface area contributed by atoms with E-state index in [1.165, 1.54) is 20.0 Å². The summed E-state index contributed by atoms with van der Waals surface area (Å²) in [6.07, 6.45) is -7.50. The fourth-order valence-electron chi connectivity index (χ4n) is 3.43. The first-order chi connectivity index (χ1) is 16.0. The molecule has 2 aliphatic rings. The summed E-state index contributed by atoms with van der Waals surface area (Å²) in [5, 5.41) is 29.9. The SMILES string of the molecule is Cc1cn([C@H]2C[C@H](O)[C@@H](COP(=O)(O)OP(=O)(O)O[C@@H]3C[C@@H](O)[C@](N)(O)[C@@H](C)O3)O2)c(=O)[nH]c1=O. The Bertz CT molecular complexity index is 1120. The van der Waals surface area contributed by atoms with Crippen molar-refractivity contribution < 1.29 is 57.1 Å². The number of aromatic amines is 1. The molecule has 2 unspecified atom stereocenters. The van der Waals surface area contributed by atoms with Crippen LogP contribution in [0.15, 0.2) is 15.8 Å². The molecule has 3 rings (SSSR count). The number of rotatable bonds is 8. The van der Waals surface area contributed by atoms with Crippen LogP contribution in [0.2, 0.25) is 0 Å². The number of aliphatic hydroxyl groups is 3. The number of nitrogens with two attached hydrogens (primary N) is 1. The molecular formula is C16H27N3O14P2. The lowest BCUT2D eigenvalue weighted by Crippen LogP contribution is -2.64. The molecule has 0 radical (unpaired) electrons. The third-order valence-corrected chi connectivity index (χ3v) is 8.10. The van der Waals surface area contributed by atoms with Crippen LogP contribution in [-0.2, 0) is 32.0 Å². The molecule has 0 saturated carbocycles. The zero-order valence-corrected chi connectivity index (χ0v) is 20.3. The maximum Gasteiger partial charge on any atom is 0.483 e. The predicted molar refractivity (Wildman–Crippen MR) is 112 cm³/mol. The maximum atomic E-state index is 12.2. The average molecular weight is 547 g/mol. The summed E-state index contributed by atoms with van der Waals surface area (Å²) in [6.45, 7) is 1.91. The van der Waals surface area contributed by atoms with Crippen molar-refractivity contribution in [3.8, 4) is 0 Å². The second kappa shape index (κ2) is 10.2. The van der Waals surface area contributed by atoms with E-state index in [9.17, 15) is 43.8 Å². The molecule has 0 spiro atoms. The minimum absolute atomic E-state index is 0.134. The first-order valence-corrected chi connectivity index (χ1v) is 13.2. The highest BCUT2D eigenvalue weighted by atomic mass is 31.3. The van der Waals surface area contributed by atoms with Gasteiger partial charge in [0.05, 0.1) is 12.7 Å². The Kier molecular flexibility index (Phi) is 8.26. The summed E-state index contributed by atoms with van der Waals surface area (Å²) in [7, 11) is -10.6. The fraction of sp³-hybridized carbons (Fsp3) is 0.750. The van der Waals surface area contributed by atoms with E-state index in [-0.39, 0.29) is 12.0 Å². The molecule has 200 valence electrons. The molecule has 0 amide bonds. The molecule has 35 heavy (non-hydrogen) atoms. The highest BCUT2D eigenvalue weighted by molar-refractivity contribution is 7.61. The zero-order valence-electron chi connectivity index (χ0n) is 18.5. The van der Waals surface area contributed by atoms with Crippen LogP contribution in [0.1, 0.15) is 31.6 Å². The van der Waals surface area contributed by atoms with Crippen LogP contribution in [0.25, 0.3) is 0 Å². The van der Waals surface area contributed by atoms with Crippen LogP contribution in [0.3, 0.4) is 0 Å². The van der Waals surface area contributed by atoms with Crippen molar-refractivity contribution in [3.05, 3.63) is 32.6 Å². The van der Waals surface area contributed by atoms with E-state index in [0.29, 0.717) is 0 Å². The van der Waals surface area contributed by atoms with Crippen LogP contribution in [0.4, 0.5) is 0 Å². The summed E-state index contributed by atoms with van der Waals surface area (Å²) < 4.78 is 49.3. The normalized spacial score (nSPS) is 37.0. The molecule has 19 heteroatoms. The maximum absolute atomic E-state index is 12.2. The second-order valence-corrected chi connectivity index (χ2v) is 11.2. The minimum atomic E-state index is -5.31. The number of phosphoric ester groups is 2. The molecule has 2 fully saturated rings. The van der Waals surface area contributed by atoms with Gasteiger partial charge in [-0.25, -0.2) is 13.9 Å². The van der Waals surface area contributed by atoms with Crippen molar-refractivity contribution in [2.75, 3.05) is 6.61 Å². The van der Waals surface area contributed by atoms with Gasteiger partial charge in [-0.15, -0.1) is 0 Å². The lowest BCUT2D eigenvalue weighted by atomic mass is 9.96. The summed E-state index contributed by atoms with van der Waals surface area (Å²) in [4.78, 5) is 45.2. The zero-order chi connectivity index (χ0) is 26.3. The molecule has 1 aromatic heterocycles. The van der Waals surface area contributed by atoms with Crippen molar-refractivity contribution in [1.82, 2.24) is 9.55 Å². The molecule has 0 aromatic carbocycles. The van der Waals surface area contributed by atoms with Crippen molar-refractivity contribution >= 4 is 15.6 Å². The molecule has 0 aliphatic carbocycles. The molecule has 2 saturated heterocycles. The fourth-order valence-corrected chi connectivity index (χ4v) is 5.58. The lowest BCUT2D eigenvalue weighted by molar-refractivity contribution is -0.261. The van der Waals surface area contributed by atoms with Gasteiger partial charge >= 0.3 is 21.3 Å². The van der Waals surface area contributed by atoms with Crippen molar-refractivity contribution in [2.45, 2.75) is 69.3 Å². The molecule has 1 aromatic rings. The minimum Gasteiger partial charge on any atom is -0.390 e. The predicted octanol–water partition coefficient (Wildman–Crippen LogP) is -2.11. The van der Waals surface area contributed by atoms with Crippen LogP contribution < -0.4 is 17.0 Å². The summed E-state index contributed by atoms with van der Waals surface area (Å²) in [5.74, 6) is 0. The largest absolute Gasteiger partial charge is 0.483 e. The Labute approximate surface area is 197 Å². The van der Waals surface area contributed by atoms with Crippen LogP contribution in [-0.4, -0.2) is 77.7 Å². The average Bonchev–Trinajstić information content (AvgIpc) is 3.07. The lowest BCUT2D eigenvalue weighted by Gasteiger charge is -2.41. The van der Waals surface area contributed by atoms with Crippen LogP contribution in [0, 0.1) is 6.92 Å². The molecule has 3 heterocycles. The monoisotopic (exact) mass is 547 g/mol. The van der Waals surface area contributed by atoms with Gasteiger partial charge in [0.1, 0.15) is 24.5 Å². The van der Waals surface area contributed by atoms with Crippen LogP contribution >= 0.6 is 15.6 Å². The number of hydrogen-bond acceptors (Lipinski definition) is 13. The first-order valence-electron chi connectivity index (χ1n) is 10.2. The number of aryl methyl sites for hydroxylation is 1. The van der Waals surface area contributed by atoms with E-state index in [0.717, 1.165) is 4.57 Å². The van der Waals surface area contributed by atoms with Gasteiger partial charge in [-0.3, -0.25) is 29.1 Å². The molecule has 17 nitrogen and oxygen atoms in total. The third-order valence-electron chi connectivity index (χ3n) is 5.48. The highest BCUT2D eigenvalue weighted by Gasteiger charge is 2.48. The van der Waals surface area contributed by atoms with E-state index in [4.69, 9.17) is 15.2 Å². The van der Waals surface area contributed by atoms with Gasteiger partial charge in [0.25, 0.3) is 5.56 Å². The van der Waals surface area contributed by atoms with Crippen molar-refractivity contribution in [3.63, 3.8) is 0 Å². The van der Waals surface area contributed by atoms with Gasteiger partial charge in [0, 0.05) is 24.6 Å². The number of aliphatic hydroxyl groups excluding tert-OH is 2. The molecule has 9 atom stereocenters. The number of ether oxygens (including phenoxy) is 2. The summed E-state index contributed by atoms with van der Waals surface area (Å²) >= 11 is 0. The van der Waals surface area contributed by atoms with Crippen molar-refractivity contribution in [2.24, 2.45) is 5.73 Å².